The molecule has 1 aliphatic carbocycles. The van der Waals surface area contributed by atoms with Crippen LogP contribution in [0.1, 0.15) is 32.1 Å². The van der Waals surface area contributed by atoms with Gasteiger partial charge in [0.1, 0.15) is 38.8 Å². The molecular formula is C25H35N3O+2. The van der Waals surface area contributed by atoms with Gasteiger partial charge in [0.05, 0.1) is 12.6 Å². The molecule has 1 saturated carbocycles. The highest BCUT2D eigenvalue weighted by atomic mass is 16.3. The van der Waals surface area contributed by atoms with Crippen molar-refractivity contribution in [1.29, 1.82) is 0 Å². The SMILES string of the molecule is O[C@@H](Cn1c2ccccc2c2ccccc21)C[NH+]1CC[NH+](C2CCCCC2)CC1. The number of nitrogens with one attached hydrogen (secondary N) is 2. The summed E-state index contributed by atoms with van der Waals surface area (Å²) in [5.74, 6) is 0. The molecule has 2 heterocycles. The molecule has 3 N–H and O–H groups in total. The molecule has 2 fully saturated rings. The summed E-state index contributed by atoms with van der Waals surface area (Å²) < 4.78 is 2.32. The topological polar surface area (TPSA) is 34.0 Å². The molecule has 5 rings (SSSR count). The number of hydrogen-bond donors (Lipinski definition) is 3. The minimum atomic E-state index is -0.305. The lowest BCUT2D eigenvalue weighted by atomic mass is 9.94. The predicted octanol–water partition coefficient (Wildman–Crippen LogP) is 1.27. The van der Waals surface area contributed by atoms with Crippen LogP contribution in [0.2, 0.25) is 0 Å². The summed E-state index contributed by atoms with van der Waals surface area (Å²) in [6.45, 7) is 6.51. The Bertz CT molecular complexity index is 898. The van der Waals surface area contributed by atoms with Gasteiger partial charge in [-0.05, 0) is 37.8 Å². The first-order valence-electron chi connectivity index (χ1n) is 11.6. The van der Waals surface area contributed by atoms with E-state index in [0.717, 1.165) is 12.6 Å². The highest BCUT2D eigenvalue weighted by molar-refractivity contribution is 6.07. The van der Waals surface area contributed by atoms with Crippen molar-refractivity contribution < 1.29 is 14.9 Å². The first-order valence-corrected chi connectivity index (χ1v) is 11.6. The van der Waals surface area contributed by atoms with E-state index < -0.39 is 0 Å². The molecule has 0 spiro atoms. The molecule has 2 aliphatic rings. The minimum Gasteiger partial charge on any atom is -0.385 e. The van der Waals surface area contributed by atoms with Crippen LogP contribution in [0.4, 0.5) is 0 Å². The van der Waals surface area contributed by atoms with Crippen molar-refractivity contribution in [3.63, 3.8) is 0 Å². The smallest absolute Gasteiger partial charge is 0.127 e. The van der Waals surface area contributed by atoms with Gasteiger partial charge >= 0.3 is 0 Å². The number of fused-ring (bicyclic) bond motifs is 3. The number of aromatic nitrogens is 1. The Morgan fingerprint density at radius 3 is 2.03 bits per heavy atom. The highest BCUT2D eigenvalue weighted by Crippen LogP contribution is 2.28. The van der Waals surface area contributed by atoms with Crippen molar-refractivity contribution in [3.8, 4) is 0 Å². The third kappa shape index (κ3) is 3.94. The van der Waals surface area contributed by atoms with Crippen molar-refractivity contribution in [3.05, 3.63) is 48.5 Å². The van der Waals surface area contributed by atoms with E-state index in [1.165, 1.54) is 80.1 Å². The highest BCUT2D eigenvalue weighted by Gasteiger charge is 2.31. The van der Waals surface area contributed by atoms with E-state index in [1.54, 1.807) is 4.90 Å². The third-order valence-corrected chi connectivity index (χ3v) is 7.38. The molecule has 1 aromatic heterocycles. The number of nitrogens with zero attached hydrogens (tertiary/aromatic N) is 1. The van der Waals surface area contributed by atoms with Gasteiger partial charge in [0.25, 0.3) is 0 Å². The van der Waals surface area contributed by atoms with Crippen molar-refractivity contribution >= 4 is 21.8 Å². The maximum Gasteiger partial charge on any atom is 0.127 e. The number of para-hydroxylation sites is 2. The summed E-state index contributed by atoms with van der Waals surface area (Å²) >= 11 is 0. The van der Waals surface area contributed by atoms with Crippen LogP contribution in [0.25, 0.3) is 21.8 Å². The van der Waals surface area contributed by atoms with Gasteiger partial charge in [0, 0.05) is 21.8 Å². The number of rotatable bonds is 5. The first-order chi connectivity index (χ1) is 14.3. The van der Waals surface area contributed by atoms with Gasteiger partial charge in [-0.3, -0.25) is 0 Å². The van der Waals surface area contributed by atoms with Crippen LogP contribution in [-0.4, -0.2) is 54.5 Å². The van der Waals surface area contributed by atoms with E-state index in [1.807, 2.05) is 4.90 Å². The molecule has 1 aliphatic heterocycles. The number of quaternary nitrogens is 2. The van der Waals surface area contributed by atoms with Crippen LogP contribution >= 0.6 is 0 Å². The lowest BCUT2D eigenvalue weighted by molar-refractivity contribution is -1.02. The second-order valence-electron chi connectivity index (χ2n) is 9.25. The van der Waals surface area contributed by atoms with E-state index in [9.17, 15) is 5.11 Å². The van der Waals surface area contributed by atoms with Crippen molar-refractivity contribution in [2.24, 2.45) is 0 Å². The zero-order valence-corrected chi connectivity index (χ0v) is 17.4. The Hall–Kier alpha value is -1.88. The maximum absolute atomic E-state index is 11.0. The Kier molecular flexibility index (Phi) is 5.58. The minimum absolute atomic E-state index is 0.305. The van der Waals surface area contributed by atoms with E-state index in [0.29, 0.717) is 6.54 Å². The molecule has 2 aromatic carbocycles. The van der Waals surface area contributed by atoms with E-state index in [2.05, 4.69) is 53.1 Å². The first kappa shape index (κ1) is 19.1. The number of hydrogen-bond acceptors (Lipinski definition) is 1. The van der Waals surface area contributed by atoms with Gasteiger partial charge < -0.3 is 19.5 Å². The van der Waals surface area contributed by atoms with Gasteiger partial charge in [-0.25, -0.2) is 0 Å². The number of piperazine rings is 1. The second kappa shape index (κ2) is 8.47. The van der Waals surface area contributed by atoms with Gasteiger partial charge in [0.2, 0.25) is 0 Å². The fraction of sp³-hybridized carbons (Fsp3) is 0.520. The Morgan fingerprint density at radius 2 is 1.41 bits per heavy atom. The lowest BCUT2D eigenvalue weighted by Gasteiger charge is -2.36. The maximum atomic E-state index is 11.0. The molecule has 0 amide bonds. The number of aliphatic hydroxyl groups is 1. The van der Waals surface area contributed by atoms with Crippen LogP contribution in [0.5, 0.6) is 0 Å². The van der Waals surface area contributed by atoms with Crippen LogP contribution in [0.3, 0.4) is 0 Å². The molecule has 1 atom stereocenters. The molecule has 29 heavy (non-hydrogen) atoms. The molecule has 0 unspecified atom stereocenters. The zero-order valence-electron chi connectivity index (χ0n) is 17.4. The van der Waals surface area contributed by atoms with E-state index >= 15 is 0 Å². The van der Waals surface area contributed by atoms with Crippen LogP contribution in [0.15, 0.2) is 48.5 Å². The van der Waals surface area contributed by atoms with Gasteiger partial charge in [-0.1, -0.05) is 42.8 Å². The summed E-state index contributed by atoms with van der Waals surface area (Å²) in [5.41, 5.74) is 2.46. The standard InChI is InChI=1S/C25H33N3O/c29-21(18-26-14-16-27(17-15-26)20-8-2-1-3-9-20)19-28-24-12-6-4-10-22(24)23-11-5-7-13-25(23)28/h4-7,10-13,20-21,29H,1-3,8-9,14-19H2/p+2/t21-/m1/s1. The Morgan fingerprint density at radius 1 is 0.828 bits per heavy atom. The van der Waals surface area contributed by atoms with Crippen LogP contribution in [0, 0.1) is 0 Å². The summed E-state index contributed by atoms with van der Waals surface area (Å²) in [6, 6.07) is 18.1. The summed E-state index contributed by atoms with van der Waals surface area (Å²) in [5, 5.41) is 13.5. The van der Waals surface area contributed by atoms with Gasteiger partial charge in [-0.2, -0.15) is 0 Å². The molecule has 154 valence electrons. The van der Waals surface area contributed by atoms with Crippen LogP contribution < -0.4 is 9.80 Å². The average Bonchev–Trinajstić information content (AvgIpc) is 3.09. The Balaban J connectivity index is 1.24. The summed E-state index contributed by atoms with van der Waals surface area (Å²) in [6.07, 6.45) is 6.86. The lowest BCUT2D eigenvalue weighted by Crippen LogP contribution is -3.30. The number of aliphatic hydroxyl groups excluding tert-OH is 1. The summed E-state index contributed by atoms with van der Waals surface area (Å²) in [7, 11) is 0. The largest absolute Gasteiger partial charge is 0.385 e. The van der Waals surface area contributed by atoms with Crippen LogP contribution in [-0.2, 0) is 6.54 Å². The molecular weight excluding hydrogens is 358 g/mol. The van der Waals surface area contributed by atoms with Crippen molar-refractivity contribution in [1.82, 2.24) is 4.57 Å². The third-order valence-electron chi connectivity index (χ3n) is 7.38. The quantitative estimate of drug-likeness (QED) is 0.600. The molecule has 1 saturated heterocycles. The molecule has 4 nitrogen and oxygen atoms in total. The summed E-state index contributed by atoms with van der Waals surface area (Å²) in [4.78, 5) is 3.42. The predicted molar refractivity (Wildman–Crippen MR) is 119 cm³/mol. The van der Waals surface area contributed by atoms with Gasteiger partial charge in [-0.15, -0.1) is 0 Å². The second-order valence-corrected chi connectivity index (χ2v) is 9.25. The van der Waals surface area contributed by atoms with Crippen molar-refractivity contribution in [2.45, 2.75) is 50.8 Å². The Labute approximate surface area is 173 Å². The van der Waals surface area contributed by atoms with Crippen molar-refractivity contribution in [2.75, 3.05) is 32.7 Å². The molecule has 4 heteroatoms. The average molecular weight is 394 g/mol. The zero-order chi connectivity index (χ0) is 19.6. The molecule has 0 bridgehead atoms. The normalized spacial score (nSPS) is 24.9. The molecule has 0 radical (unpaired) electrons. The fourth-order valence-electron chi connectivity index (χ4n) is 5.86. The monoisotopic (exact) mass is 393 g/mol. The van der Waals surface area contributed by atoms with E-state index in [-0.39, 0.29) is 6.10 Å². The molecule has 3 aromatic rings. The van der Waals surface area contributed by atoms with E-state index in [4.69, 9.17) is 0 Å². The van der Waals surface area contributed by atoms with Gasteiger partial charge in [0.15, 0.2) is 0 Å². The number of benzene rings is 2. The fourth-order valence-corrected chi connectivity index (χ4v) is 5.86.